The minimum absolute atomic E-state index is 0.0707. The molecular formula is C27H45N3O5S. The second-order valence-corrected chi connectivity index (χ2v) is 11.4. The Balaban J connectivity index is 3.57. The molecule has 0 aliphatic heterocycles. The fourth-order valence-electron chi connectivity index (χ4n) is 3.66. The molecule has 0 bridgehead atoms. The molecule has 9 heteroatoms. The summed E-state index contributed by atoms with van der Waals surface area (Å²) in [6.07, 6.45) is 3.84. The number of carbonyl (C=O) groups is 3. The third-order valence-electron chi connectivity index (χ3n) is 5.92. The zero-order chi connectivity index (χ0) is 27.5. The zero-order valence-corrected chi connectivity index (χ0v) is 24.0. The first-order valence-electron chi connectivity index (χ1n) is 12.7. The van der Waals surface area contributed by atoms with Crippen LogP contribution in [0.15, 0.2) is 24.3 Å². The summed E-state index contributed by atoms with van der Waals surface area (Å²) in [6, 6.07) is 4.58. The quantitative estimate of drug-likeness (QED) is 0.314. The first kappa shape index (κ1) is 31.6. The first-order chi connectivity index (χ1) is 16.8. The van der Waals surface area contributed by atoms with E-state index in [1.165, 1.54) is 11.0 Å². The monoisotopic (exact) mass is 523 g/mol. The Morgan fingerprint density at radius 2 is 1.75 bits per heavy atom. The second kappa shape index (κ2) is 14.4. The van der Waals surface area contributed by atoms with Crippen LogP contribution in [0.4, 0.5) is 4.79 Å². The number of thioether (sulfide) groups is 1. The van der Waals surface area contributed by atoms with Crippen LogP contribution in [0.5, 0.6) is 5.75 Å². The highest BCUT2D eigenvalue weighted by molar-refractivity contribution is 7.98. The van der Waals surface area contributed by atoms with Gasteiger partial charge in [-0.15, -0.1) is 0 Å². The van der Waals surface area contributed by atoms with Gasteiger partial charge in [-0.1, -0.05) is 38.5 Å². The minimum Gasteiger partial charge on any atom is -0.508 e. The van der Waals surface area contributed by atoms with Gasteiger partial charge in [0.1, 0.15) is 23.4 Å². The van der Waals surface area contributed by atoms with Crippen LogP contribution in [0, 0.1) is 0 Å². The number of nitrogens with one attached hydrogen (secondary N) is 2. The van der Waals surface area contributed by atoms with Crippen molar-refractivity contribution in [2.75, 3.05) is 18.6 Å². The normalized spacial score (nSPS) is 13.4. The molecule has 0 aliphatic rings. The van der Waals surface area contributed by atoms with E-state index in [1.54, 1.807) is 50.7 Å². The summed E-state index contributed by atoms with van der Waals surface area (Å²) in [5.74, 6) is -0.226. The fourth-order valence-corrected chi connectivity index (χ4v) is 4.13. The van der Waals surface area contributed by atoms with Crippen LogP contribution in [0.3, 0.4) is 0 Å². The molecule has 0 aromatic heterocycles. The maximum Gasteiger partial charge on any atom is 0.408 e. The van der Waals surface area contributed by atoms with E-state index in [9.17, 15) is 19.5 Å². The predicted octanol–water partition coefficient (Wildman–Crippen LogP) is 5.01. The van der Waals surface area contributed by atoms with Crippen molar-refractivity contribution in [3.05, 3.63) is 29.8 Å². The molecule has 0 spiro atoms. The molecule has 1 aromatic carbocycles. The Labute approximate surface area is 220 Å². The number of ether oxygens (including phenoxy) is 1. The third-order valence-corrected chi connectivity index (χ3v) is 6.57. The molecule has 204 valence electrons. The topological polar surface area (TPSA) is 108 Å². The Bertz CT molecular complexity index is 869. The average molecular weight is 524 g/mol. The lowest BCUT2D eigenvalue weighted by Gasteiger charge is -2.44. The lowest BCUT2D eigenvalue weighted by atomic mass is 9.91. The predicted molar refractivity (Wildman–Crippen MR) is 146 cm³/mol. The number of benzene rings is 1. The van der Waals surface area contributed by atoms with Gasteiger partial charge in [0.15, 0.2) is 0 Å². The zero-order valence-electron chi connectivity index (χ0n) is 23.1. The van der Waals surface area contributed by atoms with Crippen molar-refractivity contribution in [2.24, 2.45) is 0 Å². The van der Waals surface area contributed by atoms with Crippen molar-refractivity contribution in [1.82, 2.24) is 15.5 Å². The number of para-hydroxylation sites is 1. The molecule has 3 N–H and O–H groups in total. The number of phenols is 1. The number of nitrogens with zero attached hydrogens (tertiary/aromatic N) is 1. The van der Waals surface area contributed by atoms with Crippen LogP contribution in [0.1, 0.15) is 85.8 Å². The van der Waals surface area contributed by atoms with E-state index in [4.69, 9.17) is 4.74 Å². The van der Waals surface area contributed by atoms with Gasteiger partial charge in [-0.3, -0.25) is 9.59 Å². The third kappa shape index (κ3) is 9.56. The number of hydrogen-bond donors (Lipinski definition) is 3. The number of carbonyl (C=O) groups excluding carboxylic acids is 3. The van der Waals surface area contributed by atoms with Gasteiger partial charge in [-0.05, 0) is 72.0 Å². The van der Waals surface area contributed by atoms with Gasteiger partial charge in [-0.25, -0.2) is 4.79 Å². The molecule has 36 heavy (non-hydrogen) atoms. The summed E-state index contributed by atoms with van der Waals surface area (Å²) < 4.78 is 5.42. The highest BCUT2D eigenvalue weighted by Gasteiger charge is 2.43. The van der Waals surface area contributed by atoms with Crippen molar-refractivity contribution in [3.63, 3.8) is 0 Å². The van der Waals surface area contributed by atoms with Gasteiger partial charge < -0.3 is 25.4 Å². The minimum atomic E-state index is -1.08. The van der Waals surface area contributed by atoms with Gasteiger partial charge >= 0.3 is 6.09 Å². The Kier molecular flexibility index (Phi) is 12.6. The van der Waals surface area contributed by atoms with Crippen LogP contribution >= 0.6 is 11.8 Å². The van der Waals surface area contributed by atoms with Crippen molar-refractivity contribution >= 4 is 29.7 Å². The SMILES string of the molecule is CCCCNC(=O)C(c1ccccc1O)N(C(=O)C(CCSC)NC(=O)OC(C)(C)C)C(C)(C)CC. The Hall–Kier alpha value is -2.42. The molecule has 0 radical (unpaired) electrons. The van der Waals surface area contributed by atoms with Crippen molar-refractivity contribution in [3.8, 4) is 5.75 Å². The molecule has 2 atom stereocenters. The summed E-state index contributed by atoms with van der Waals surface area (Å²) >= 11 is 1.56. The van der Waals surface area contributed by atoms with Crippen LogP contribution in [-0.2, 0) is 14.3 Å². The molecular weight excluding hydrogens is 478 g/mol. The summed E-state index contributed by atoms with van der Waals surface area (Å²) in [6.45, 7) is 13.5. The average Bonchev–Trinajstić information content (AvgIpc) is 2.79. The fraction of sp³-hybridized carbons (Fsp3) is 0.667. The number of phenolic OH excluding ortho intramolecular Hbond substituents is 1. The molecule has 0 aliphatic carbocycles. The van der Waals surface area contributed by atoms with Gasteiger partial charge in [0, 0.05) is 17.6 Å². The van der Waals surface area contributed by atoms with E-state index < -0.39 is 35.2 Å². The standard InChI is InChI=1S/C27H45N3O5S/c1-9-11-17-28-23(32)22(19-14-12-13-15-21(19)31)30(27(6,7)10-2)24(33)20(16-18-36-8)29-25(34)35-26(3,4)5/h12-15,20,22,31H,9-11,16-18H2,1-8H3,(H,28,32)(H,29,34). The number of aromatic hydroxyl groups is 1. The van der Waals surface area contributed by atoms with Crippen LogP contribution in [-0.4, -0.2) is 63.6 Å². The van der Waals surface area contributed by atoms with Crippen LogP contribution < -0.4 is 10.6 Å². The molecule has 0 saturated heterocycles. The van der Waals surface area contributed by atoms with Gasteiger partial charge in [0.05, 0.1) is 0 Å². The van der Waals surface area contributed by atoms with Crippen molar-refractivity contribution in [2.45, 2.75) is 97.4 Å². The van der Waals surface area contributed by atoms with Crippen molar-refractivity contribution in [1.29, 1.82) is 0 Å². The summed E-state index contributed by atoms with van der Waals surface area (Å²) in [5, 5.41) is 16.4. The lowest BCUT2D eigenvalue weighted by molar-refractivity contribution is -0.149. The van der Waals surface area contributed by atoms with Gasteiger partial charge in [0.2, 0.25) is 11.8 Å². The van der Waals surface area contributed by atoms with E-state index in [0.717, 1.165) is 12.8 Å². The molecule has 0 saturated carbocycles. The second-order valence-electron chi connectivity index (χ2n) is 10.5. The van der Waals surface area contributed by atoms with Crippen LogP contribution in [0.25, 0.3) is 0 Å². The summed E-state index contributed by atoms with van der Waals surface area (Å²) in [4.78, 5) is 42.0. The van der Waals surface area contributed by atoms with E-state index >= 15 is 0 Å². The van der Waals surface area contributed by atoms with E-state index in [-0.39, 0.29) is 11.7 Å². The largest absolute Gasteiger partial charge is 0.508 e. The van der Waals surface area contributed by atoms with Gasteiger partial charge in [-0.2, -0.15) is 11.8 Å². The number of hydrogen-bond acceptors (Lipinski definition) is 6. The number of unbranched alkanes of at least 4 members (excludes halogenated alkanes) is 1. The molecule has 1 rings (SSSR count). The molecule has 8 nitrogen and oxygen atoms in total. The van der Waals surface area contributed by atoms with E-state index in [0.29, 0.717) is 30.7 Å². The number of alkyl carbamates (subject to hydrolysis) is 1. The summed E-state index contributed by atoms with van der Waals surface area (Å²) in [7, 11) is 0. The lowest BCUT2D eigenvalue weighted by Crippen LogP contribution is -2.59. The highest BCUT2D eigenvalue weighted by atomic mass is 32.2. The molecule has 0 fully saturated rings. The van der Waals surface area contributed by atoms with E-state index in [2.05, 4.69) is 10.6 Å². The van der Waals surface area contributed by atoms with Crippen LogP contribution in [0.2, 0.25) is 0 Å². The highest BCUT2D eigenvalue weighted by Crippen LogP contribution is 2.36. The maximum absolute atomic E-state index is 14.2. The molecule has 1 aromatic rings. The number of amides is 3. The van der Waals surface area contributed by atoms with Crippen molar-refractivity contribution < 1.29 is 24.2 Å². The van der Waals surface area contributed by atoms with Gasteiger partial charge in [0.25, 0.3) is 0 Å². The smallest absolute Gasteiger partial charge is 0.408 e. The first-order valence-corrected chi connectivity index (χ1v) is 14.1. The van der Waals surface area contributed by atoms with E-state index in [1.807, 2.05) is 34.0 Å². The maximum atomic E-state index is 14.2. The Morgan fingerprint density at radius 1 is 1.11 bits per heavy atom. The molecule has 0 heterocycles. The number of rotatable bonds is 13. The molecule has 2 unspecified atom stereocenters. The Morgan fingerprint density at radius 3 is 2.28 bits per heavy atom. The summed E-state index contributed by atoms with van der Waals surface area (Å²) in [5.41, 5.74) is -1.15. The molecule has 3 amide bonds.